The first-order chi connectivity index (χ1) is 18.8. The molecule has 0 spiro atoms. The second-order valence-corrected chi connectivity index (χ2v) is 10.4. The number of hydrogen-bond donors (Lipinski definition) is 1. The first-order valence-corrected chi connectivity index (χ1v) is 13.4. The van der Waals surface area contributed by atoms with E-state index in [4.69, 9.17) is 0 Å². The average molecular weight is 537 g/mol. The van der Waals surface area contributed by atoms with Gasteiger partial charge < -0.3 is 10.2 Å². The molecule has 0 amide bonds. The summed E-state index contributed by atoms with van der Waals surface area (Å²) < 4.78 is 43.8. The van der Waals surface area contributed by atoms with Crippen molar-refractivity contribution in [3.8, 4) is 17.1 Å². The zero-order valence-corrected chi connectivity index (χ0v) is 22.0. The van der Waals surface area contributed by atoms with Crippen LogP contribution in [0.4, 0.5) is 24.8 Å². The van der Waals surface area contributed by atoms with Gasteiger partial charge in [0.25, 0.3) is 5.82 Å². The zero-order chi connectivity index (χ0) is 27.1. The molecule has 39 heavy (non-hydrogen) atoms. The molecule has 0 radical (unpaired) electrons. The molecular formula is C28H31F3N8. The predicted molar refractivity (Wildman–Crippen MR) is 142 cm³/mol. The normalized spacial score (nSPS) is 18.2. The number of rotatable bonds is 5. The van der Waals surface area contributed by atoms with Gasteiger partial charge in [-0.05, 0) is 93.9 Å². The number of nitrogens with one attached hydrogen (secondary N) is 1. The zero-order valence-electron chi connectivity index (χ0n) is 22.0. The number of likely N-dealkylation sites (tertiary alicyclic amines) is 1. The lowest BCUT2D eigenvalue weighted by atomic mass is 10.0. The molecule has 1 fully saturated rings. The molecule has 3 aromatic heterocycles. The molecule has 1 saturated heterocycles. The molecule has 6 rings (SSSR count). The van der Waals surface area contributed by atoms with Crippen LogP contribution in [0.25, 0.3) is 17.1 Å². The van der Waals surface area contributed by atoms with Crippen molar-refractivity contribution in [2.24, 2.45) is 7.05 Å². The highest BCUT2D eigenvalue weighted by Crippen LogP contribution is 2.32. The van der Waals surface area contributed by atoms with Crippen LogP contribution in [0.5, 0.6) is 0 Å². The van der Waals surface area contributed by atoms with E-state index in [9.17, 15) is 13.2 Å². The fourth-order valence-corrected chi connectivity index (χ4v) is 5.68. The van der Waals surface area contributed by atoms with E-state index in [2.05, 4.69) is 36.4 Å². The molecule has 4 heterocycles. The molecule has 1 aliphatic carbocycles. The molecule has 8 nitrogen and oxygen atoms in total. The van der Waals surface area contributed by atoms with Crippen molar-refractivity contribution in [1.29, 1.82) is 0 Å². The Morgan fingerprint density at radius 3 is 2.46 bits per heavy atom. The highest BCUT2D eigenvalue weighted by molar-refractivity contribution is 5.63. The number of alkyl halides is 3. The molecule has 204 valence electrons. The van der Waals surface area contributed by atoms with Gasteiger partial charge in [0, 0.05) is 30.0 Å². The Balaban J connectivity index is 1.30. The summed E-state index contributed by atoms with van der Waals surface area (Å²) in [6.45, 7) is 4.27. The summed E-state index contributed by atoms with van der Waals surface area (Å²) in [5, 5.41) is 11.1. The van der Waals surface area contributed by atoms with Crippen molar-refractivity contribution in [2.75, 3.05) is 18.4 Å². The second-order valence-electron chi connectivity index (χ2n) is 10.4. The molecule has 0 bridgehead atoms. The SMILES string of the molecule is Cc1c(-c2cccc(-n3nc(C(F)(F)F)nc3Nc3ccc4c(c3)CCC(N3CCCC3)CC4)n2)cnn1C. The van der Waals surface area contributed by atoms with E-state index in [0.717, 1.165) is 41.6 Å². The lowest BCUT2D eigenvalue weighted by Crippen LogP contribution is -2.32. The number of hydrogen-bond acceptors (Lipinski definition) is 6. The molecule has 1 aliphatic heterocycles. The van der Waals surface area contributed by atoms with E-state index >= 15 is 0 Å². The number of pyridine rings is 1. The Labute approximate surface area is 224 Å². The Hall–Kier alpha value is -3.73. The summed E-state index contributed by atoms with van der Waals surface area (Å²) >= 11 is 0. The van der Waals surface area contributed by atoms with E-state index in [0.29, 0.717) is 17.4 Å². The highest BCUT2D eigenvalue weighted by atomic mass is 19.4. The van der Waals surface area contributed by atoms with Gasteiger partial charge in [0.2, 0.25) is 5.95 Å². The summed E-state index contributed by atoms with van der Waals surface area (Å²) in [6, 6.07) is 11.8. The number of anilines is 2. The van der Waals surface area contributed by atoms with Gasteiger partial charge in [-0.25, -0.2) is 4.98 Å². The van der Waals surface area contributed by atoms with E-state index < -0.39 is 12.0 Å². The quantitative estimate of drug-likeness (QED) is 0.341. The van der Waals surface area contributed by atoms with Crippen LogP contribution in [0.3, 0.4) is 0 Å². The van der Waals surface area contributed by atoms with E-state index in [1.807, 2.05) is 26.1 Å². The molecule has 1 atom stereocenters. The fraction of sp³-hybridized carbons (Fsp3) is 0.429. The van der Waals surface area contributed by atoms with E-state index in [-0.39, 0.29) is 11.8 Å². The molecule has 4 aromatic rings. The van der Waals surface area contributed by atoms with Gasteiger partial charge in [-0.3, -0.25) is 4.68 Å². The van der Waals surface area contributed by atoms with Crippen molar-refractivity contribution in [2.45, 2.75) is 57.7 Å². The average Bonchev–Trinajstić information content (AvgIpc) is 3.63. The summed E-state index contributed by atoms with van der Waals surface area (Å²) in [6.07, 6.45) is 3.73. The maximum atomic E-state index is 13.7. The summed E-state index contributed by atoms with van der Waals surface area (Å²) in [5.74, 6) is -1.04. The van der Waals surface area contributed by atoms with Crippen molar-refractivity contribution in [3.63, 3.8) is 0 Å². The summed E-state index contributed by atoms with van der Waals surface area (Å²) in [5.41, 5.74) is 5.49. The number of halogens is 3. The van der Waals surface area contributed by atoms with Crippen molar-refractivity contribution < 1.29 is 13.2 Å². The van der Waals surface area contributed by atoms with E-state index in [1.54, 1.807) is 29.1 Å². The van der Waals surface area contributed by atoms with Crippen LogP contribution in [0.15, 0.2) is 42.6 Å². The van der Waals surface area contributed by atoms with Crippen LogP contribution < -0.4 is 5.32 Å². The Bertz CT molecular complexity index is 1480. The first-order valence-electron chi connectivity index (χ1n) is 13.4. The topological polar surface area (TPSA) is 76.7 Å². The van der Waals surface area contributed by atoms with Crippen LogP contribution in [0.1, 0.15) is 48.3 Å². The van der Waals surface area contributed by atoms with Gasteiger partial charge in [0.05, 0.1) is 11.9 Å². The summed E-state index contributed by atoms with van der Waals surface area (Å²) in [4.78, 5) is 11.0. The number of benzene rings is 1. The molecule has 11 heteroatoms. The number of aryl methyl sites for hydroxylation is 3. The van der Waals surface area contributed by atoms with Gasteiger partial charge in [-0.2, -0.15) is 27.9 Å². The maximum absolute atomic E-state index is 13.7. The van der Waals surface area contributed by atoms with Gasteiger partial charge in [-0.1, -0.05) is 12.1 Å². The molecule has 1 unspecified atom stereocenters. The predicted octanol–water partition coefficient (Wildman–Crippen LogP) is 5.48. The lowest BCUT2D eigenvalue weighted by Gasteiger charge is -2.25. The number of aromatic nitrogens is 6. The van der Waals surface area contributed by atoms with Crippen LogP contribution >= 0.6 is 0 Å². The third-order valence-electron chi connectivity index (χ3n) is 7.94. The minimum atomic E-state index is -4.70. The smallest absolute Gasteiger partial charge is 0.324 e. The van der Waals surface area contributed by atoms with E-state index in [1.165, 1.54) is 37.1 Å². The summed E-state index contributed by atoms with van der Waals surface area (Å²) in [7, 11) is 1.82. The first kappa shape index (κ1) is 25.5. The maximum Gasteiger partial charge on any atom is 0.453 e. The molecule has 2 aliphatic rings. The Morgan fingerprint density at radius 1 is 0.974 bits per heavy atom. The lowest BCUT2D eigenvalue weighted by molar-refractivity contribution is -0.144. The van der Waals surface area contributed by atoms with Gasteiger partial charge >= 0.3 is 6.18 Å². The number of nitrogens with zero attached hydrogens (tertiary/aromatic N) is 7. The minimum Gasteiger partial charge on any atom is -0.324 e. The highest BCUT2D eigenvalue weighted by Gasteiger charge is 2.37. The molecule has 0 saturated carbocycles. The number of fused-ring (bicyclic) bond motifs is 1. The van der Waals surface area contributed by atoms with Crippen molar-refractivity contribution in [3.05, 3.63) is 65.2 Å². The minimum absolute atomic E-state index is 0.0431. The van der Waals surface area contributed by atoms with Gasteiger partial charge in [-0.15, -0.1) is 5.10 Å². The molecule has 1 aromatic carbocycles. The third kappa shape index (κ3) is 5.15. The fourth-order valence-electron chi connectivity index (χ4n) is 5.68. The van der Waals surface area contributed by atoms with Crippen LogP contribution in [-0.2, 0) is 26.1 Å². The van der Waals surface area contributed by atoms with Crippen LogP contribution in [-0.4, -0.2) is 53.6 Å². The largest absolute Gasteiger partial charge is 0.453 e. The van der Waals surface area contributed by atoms with Crippen LogP contribution in [0.2, 0.25) is 0 Å². The van der Waals surface area contributed by atoms with Gasteiger partial charge in [0.15, 0.2) is 5.82 Å². The standard InChI is InChI=1S/C28H31F3N8/c1-18-23(17-32-37(18)2)24-6-5-7-25(34-24)39-27(35-26(36-39)28(29,30)31)33-21-11-8-19-9-12-22(13-10-20(19)16-21)38-14-3-4-15-38/h5-8,11,16-17,22H,3-4,9-10,12-15H2,1-2H3,(H,33,35,36). The molecule has 1 N–H and O–H groups in total. The Kier molecular flexibility index (Phi) is 6.62. The van der Waals surface area contributed by atoms with Crippen LogP contribution in [0, 0.1) is 6.92 Å². The van der Waals surface area contributed by atoms with Crippen molar-refractivity contribution in [1.82, 2.24) is 34.4 Å². The molecular weight excluding hydrogens is 505 g/mol. The Morgan fingerprint density at radius 2 is 1.74 bits per heavy atom. The third-order valence-corrected chi connectivity index (χ3v) is 7.94. The van der Waals surface area contributed by atoms with Crippen molar-refractivity contribution >= 4 is 11.6 Å². The van der Waals surface area contributed by atoms with Gasteiger partial charge in [0.1, 0.15) is 0 Å². The monoisotopic (exact) mass is 536 g/mol. The second kappa shape index (κ2) is 10.1.